The third-order valence-electron chi connectivity index (χ3n) is 12.4. The lowest BCUT2D eigenvalue weighted by Gasteiger charge is -2.36. The molecule has 11 heteroatoms. The maximum atomic E-state index is 12.8. The third-order valence-corrected chi connectivity index (χ3v) is 12.4. The summed E-state index contributed by atoms with van der Waals surface area (Å²) in [4.78, 5) is 0. The first-order valence-electron chi connectivity index (χ1n) is 19.4. The van der Waals surface area contributed by atoms with Crippen LogP contribution in [0.1, 0.15) is 122 Å². The van der Waals surface area contributed by atoms with Gasteiger partial charge in [0.2, 0.25) is 0 Å². The van der Waals surface area contributed by atoms with Gasteiger partial charge in [0.15, 0.2) is 0 Å². The van der Waals surface area contributed by atoms with Crippen molar-refractivity contribution >= 4 is 0 Å². The van der Waals surface area contributed by atoms with Crippen LogP contribution in [0, 0.1) is 17.8 Å². The predicted molar refractivity (Wildman–Crippen MR) is 193 cm³/mol. The maximum Gasteiger partial charge on any atom is 0.0862 e. The summed E-state index contributed by atoms with van der Waals surface area (Å²) in [7, 11) is 0. The van der Waals surface area contributed by atoms with E-state index in [0.717, 1.165) is 38.5 Å². The van der Waals surface area contributed by atoms with Crippen molar-refractivity contribution in [2.45, 2.75) is 173 Å². The van der Waals surface area contributed by atoms with Crippen molar-refractivity contribution in [2.24, 2.45) is 17.8 Å². The largest absolute Gasteiger partial charge is 0.379 e. The summed E-state index contributed by atoms with van der Waals surface area (Å²) < 4.78 is 37.4. The molecule has 0 aromatic heterocycles. The Labute approximate surface area is 304 Å². The van der Waals surface area contributed by atoms with Gasteiger partial charge in [0.1, 0.15) is 0 Å². The van der Waals surface area contributed by atoms with Crippen LogP contribution in [0.3, 0.4) is 0 Å². The van der Waals surface area contributed by atoms with Crippen LogP contribution in [0.2, 0.25) is 0 Å². The van der Waals surface area contributed by atoms with Crippen LogP contribution in [-0.4, -0.2) is 121 Å². The van der Waals surface area contributed by atoms with Crippen LogP contribution in [0.25, 0.3) is 0 Å². The molecule has 1 aliphatic carbocycles. The van der Waals surface area contributed by atoms with E-state index in [1.165, 1.54) is 10.1 Å². The molecule has 0 aromatic rings. The molecule has 3 saturated heterocycles. The number of nitrogens with zero attached hydrogens (tertiary/aromatic N) is 2. The molecule has 4 rings (SSSR count). The predicted octanol–water partition coefficient (Wildman–Crippen LogP) is 5.99. The molecule has 0 bridgehead atoms. The van der Waals surface area contributed by atoms with Crippen molar-refractivity contribution in [3.63, 3.8) is 0 Å². The molecule has 2 radical (unpaired) electrons. The summed E-state index contributed by atoms with van der Waals surface area (Å²) >= 11 is 0. The van der Waals surface area contributed by atoms with E-state index >= 15 is 0 Å². The normalized spacial score (nSPS) is 34.4. The maximum absolute atomic E-state index is 12.8. The van der Waals surface area contributed by atoms with Crippen molar-refractivity contribution in [3.05, 3.63) is 0 Å². The second-order valence-electron chi connectivity index (χ2n) is 19.3. The van der Waals surface area contributed by atoms with E-state index in [1.807, 2.05) is 55.4 Å². The molecule has 292 valence electrons. The quantitative estimate of drug-likeness (QED) is 0.171. The van der Waals surface area contributed by atoms with Gasteiger partial charge < -0.3 is 33.7 Å². The molecule has 1 N–H and O–H groups in total. The molecule has 0 aromatic carbocycles. The lowest BCUT2D eigenvalue weighted by molar-refractivity contribution is -0.249. The van der Waals surface area contributed by atoms with Gasteiger partial charge >= 0.3 is 0 Å². The van der Waals surface area contributed by atoms with E-state index in [4.69, 9.17) is 28.4 Å². The molecule has 1 saturated carbocycles. The van der Waals surface area contributed by atoms with Gasteiger partial charge in [-0.3, -0.25) is 0 Å². The Morgan fingerprint density at radius 2 is 0.980 bits per heavy atom. The van der Waals surface area contributed by atoms with Gasteiger partial charge in [-0.1, -0.05) is 0 Å². The van der Waals surface area contributed by atoms with Crippen molar-refractivity contribution in [2.75, 3.05) is 59.5 Å². The number of hydrogen-bond donors (Lipinski definition) is 1. The number of rotatable bonds is 18. The summed E-state index contributed by atoms with van der Waals surface area (Å²) in [5, 5.41) is 31.7. The molecule has 6 unspecified atom stereocenters. The molecule has 50 heavy (non-hydrogen) atoms. The Balaban J connectivity index is 1.20. The number of hydrogen-bond acceptors (Lipinski definition) is 9. The van der Waals surface area contributed by atoms with Crippen LogP contribution in [0.4, 0.5) is 0 Å². The highest BCUT2D eigenvalue weighted by atomic mass is 16.6. The van der Waals surface area contributed by atoms with Gasteiger partial charge in [-0.25, -0.2) is 0 Å². The monoisotopic (exact) mass is 712 g/mol. The molecular weight excluding hydrogens is 638 g/mol. The summed E-state index contributed by atoms with van der Waals surface area (Å²) in [6.07, 6.45) is 5.13. The van der Waals surface area contributed by atoms with Crippen LogP contribution in [-0.2, 0) is 38.8 Å². The minimum Gasteiger partial charge on any atom is -0.379 e. The summed E-state index contributed by atoms with van der Waals surface area (Å²) in [5.74, 6) is 0.815. The van der Waals surface area contributed by atoms with Crippen LogP contribution < -0.4 is 5.32 Å². The molecule has 3 heterocycles. The fraction of sp³-hybridized carbons (Fsp3) is 1.00. The first-order chi connectivity index (χ1) is 23.1. The van der Waals surface area contributed by atoms with Crippen molar-refractivity contribution in [1.29, 1.82) is 0 Å². The Morgan fingerprint density at radius 1 is 0.540 bits per heavy atom. The van der Waals surface area contributed by atoms with Crippen molar-refractivity contribution in [1.82, 2.24) is 15.4 Å². The second kappa shape index (κ2) is 16.5. The van der Waals surface area contributed by atoms with Gasteiger partial charge in [-0.2, -0.15) is 0 Å². The lowest BCUT2D eigenvalue weighted by atomic mass is 9.88. The van der Waals surface area contributed by atoms with Crippen LogP contribution in [0.15, 0.2) is 0 Å². The van der Waals surface area contributed by atoms with Crippen molar-refractivity contribution < 1.29 is 38.8 Å². The fourth-order valence-corrected chi connectivity index (χ4v) is 9.50. The van der Waals surface area contributed by atoms with E-state index in [9.17, 15) is 10.4 Å². The Hall–Kier alpha value is -0.440. The zero-order valence-corrected chi connectivity index (χ0v) is 33.7. The number of hydroxylamine groups is 4. The highest BCUT2D eigenvalue weighted by Gasteiger charge is 2.53. The number of ether oxygens (including phenoxy) is 6. The zero-order valence-electron chi connectivity index (χ0n) is 33.7. The van der Waals surface area contributed by atoms with E-state index in [-0.39, 0.29) is 52.3 Å². The average molecular weight is 712 g/mol. The minimum atomic E-state index is -0.447. The van der Waals surface area contributed by atoms with Crippen LogP contribution in [0.5, 0.6) is 0 Å². The van der Waals surface area contributed by atoms with Crippen molar-refractivity contribution in [3.8, 4) is 0 Å². The highest BCUT2D eigenvalue weighted by molar-refractivity contribution is 5.04. The van der Waals surface area contributed by atoms with Gasteiger partial charge in [0.25, 0.3) is 0 Å². The molecule has 4 fully saturated rings. The third kappa shape index (κ3) is 10.4. The topological polar surface area (TPSA) is 114 Å². The molecular formula is C39H73N3O8. The molecule has 0 amide bonds. The number of nitrogens with one attached hydrogen (secondary N) is 1. The van der Waals surface area contributed by atoms with Gasteiger partial charge in [0.05, 0.1) is 77.8 Å². The van der Waals surface area contributed by atoms with Crippen LogP contribution >= 0.6 is 0 Å². The molecule has 6 atom stereocenters. The van der Waals surface area contributed by atoms with E-state index in [0.29, 0.717) is 65.4 Å². The summed E-state index contributed by atoms with van der Waals surface area (Å²) in [5.41, 5.74) is -1.47. The molecule has 3 aliphatic heterocycles. The lowest BCUT2D eigenvalue weighted by Crippen LogP contribution is -2.46. The average Bonchev–Trinajstić information content (AvgIpc) is 3.40. The second-order valence-corrected chi connectivity index (χ2v) is 19.3. The zero-order chi connectivity index (χ0) is 37.2. The molecule has 4 aliphatic rings. The molecule has 11 nitrogen and oxygen atoms in total. The Bertz CT molecular complexity index is 1070. The van der Waals surface area contributed by atoms with E-state index in [1.54, 1.807) is 0 Å². The van der Waals surface area contributed by atoms with E-state index < -0.39 is 11.1 Å². The Kier molecular flexibility index (Phi) is 14.0. The highest BCUT2D eigenvalue weighted by Crippen LogP contribution is 2.45. The first-order valence-corrected chi connectivity index (χ1v) is 19.4. The first kappa shape index (κ1) is 42.3. The summed E-state index contributed by atoms with van der Waals surface area (Å²) in [6, 6.07) is 0. The fourth-order valence-electron chi connectivity index (χ4n) is 9.50. The smallest absolute Gasteiger partial charge is 0.0862 e. The van der Waals surface area contributed by atoms with E-state index in [2.05, 4.69) is 33.0 Å². The Morgan fingerprint density at radius 3 is 1.40 bits per heavy atom. The minimum absolute atomic E-state index is 0.0430. The SMILES string of the molecule is CC1(C)CC(COCCOC2CC(OCCOCC3CC(C)(C)N([O])C3(C)C)CCC2OCCOCC2CC(C)(C)N([O])C2(C)C)C(C)(C)N1. The standard InChI is InChI=1S/C39H73N3O8/c1-34(2)22-28(37(7,8)40-34)25-45-17-20-50-33-21-31(48-18-15-46-26-29-23-35(3,4)41(43)38(29,9)10)13-14-32(33)49-19-16-47-27-30-24-36(5,6)42(44)39(30,11)12/h28-33,40H,13-27H2,1-12H3. The van der Waals surface area contributed by atoms with Gasteiger partial charge in [0, 0.05) is 57.4 Å². The molecule has 0 spiro atoms. The van der Waals surface area contributed by atoms with Gasteiger partial charge in [-0.05, 0) is 115 Å². The summed E-state index contributed by atoms with van der Waals surface area (Å²) in [6.45, 7) is 30.0. The van der Waals surface area contributed by atoms with Gasteiger partial charge in [-0.15, -0.1) is 20.5 Å².